The predicted octanol–water partition coefficient (Wildman–Crippen LogP) is -0.0559. The molecule has 0 aliphatic rings. The van der Waals surface area contributed by atoms with Gasteiger partial charge in [0.1, 0.15) is 0 Å². The SMILES string of the molecule is C.Cc1cc(=O)[nH]c(=O)[nH]1.F.[2H]c1c(C)nc(=O)[nH]c1O. The Morgan fingerprint density at radius 3 is 2.25 bits per heavy atom. The zero-order valence-corrected chi connectivity index (χ0v) is 10.1. The number of H-pyrrole nitrogens is 3. The van der Waals surface area contributed by atoms with Crippen LogP contribution in [0.3, 0.4) is 0 Å². The van der Waals surface area contributed by atoms with E-state index in [9.17, 15) is 14.4 Å². The van der Waals surface area contributed by atoms with Gasteiger partial charge < -0.3 is 10.1 Å². The molecule has 112 valence electrons. The lowest BCUT2D eigenvalue weighted by molar-refractivity contribution is 0.448. The van der Waals surface area contributed by atoms with Gasteiger partial charge in [-0.2, -0.15) is 4.98 Å². The second-order valence-electron chi connectivity index (χ2n) is 3.37. The molecule has 0 amide bonds. The van der Waals surface area contributed by atoms with Gasteiger partial charge >= 0.3 is 11.4 Å². The van der Waals surface area contributed by atoms with E-state index >= 15 is 0 Å². The normalized spacial score (nSPS) is 9.20. The number of hydrogen-bond acceptors (Lipinski definition) is 5. The zero-order chi connectivity index (χ0) is 14.6. The summed E-state index contributed by atoms with van der Waals surface area (Å²) in [5.41, 5.74) is -0.660. The monoisotopic (exact) mass is 289 g/mol. The highest BCUT2D eigenvalue weighted by atomic mass is 19.0. The number of aryl methyl sites for hydroxylation is 2. The van der Waals surface area contributed by atoms with Crippen molar-refractivity contribution in [1.82, 2.24) is 19.9 Å². The summed E-state index contributed by atoms with van der Waals surface area (Å²) in [4.78, 5) is 41.1. The molecule has 0 aromatic carbocycles. The first-order chi connectivity index (χ1) is 8.79. The molecule has 8 nitrogen and oxygen atoms in total. The van der Waals surface area contributed by atoms with Crippen LogP contribution in [-0.4, -0.2) is 25.0 Å². The summed E-state index contributed by atoms with van der Waals surface area (Å²) in [6.45, 7) is 3.13. The Morgan fingerprint density at radius 1 is 1.20 bits per heavy atom. The molecule has 4 N–H and O–H groups in total. The smallest absolute Gasteiger partial charge is 0.347 e. The standard InChI is InChI=1S/2C5H6N2O2.CH4.FH/c2*1-3-2-4(8)7-5(9)6-3;;/h2*2H,1H3,(H2,6,7,8,9);1H4;1H/i2D;;;. The fraction of sp³-hybridized carbons (Fsp3) is 0.273. The van der Waals surface area contributed by atoms with Crippen LogP contribution in [0.2, 0.25) is 0 Å². The average molecular weight is 289 g/mol. The van der Waals surface area contributed by atoms with Crippen LogP contribution in [0.15, 0.2) is 26.5 Å². The van der Waals surface area contributed by atoms with Gasteiger partial charge in [-0.3, -0.25) is 19.5 Å². The third-order valence-corrected chi connectivity index (χ3v) is 1.69. The van der Waals surface area contributed by atoms with E-state index in [-0.39, 0.29) is 29.4 Å². The summed E-state index contributed by atoms with van der Waals surface area (Å²) in [7, 11) is 0. The quantitative estimate of drug-likeness (QED) is 0.539. The van der Waals surface area contributed by atoms with Gasteiger partial charge in [0.05, 0.1) is 1.37 Å². The second-order valence-corrected chi connectivity index (χ2v) is 3.37. The minimum absolute atomic E-state index is 0. The lowest BCUT2D eigenvalue weighted by atomic mass is 10.4. The lowest BCUT2D eigenvalue weighted by Gasteiger charge is -1.89. The number of halogens is 1. The largest absolute Gasteiger partial charge is 0.494 e. The van der Waals surface area contributed by atoms with Gasteiger partial charge in [0.2, 0.25) is 0 Å². The van der Waals surface area contributed by atoms with Crippen molar-refractivity contribution in [3.8, 4) is 5.88 Å². The number of aromatic amines is 3. The van der Waals surface area contributed by atoms with Crippen LogP contribution in [0.25, 0.3) is 0 Å². The van der Waals surface area contributed by atoms with Crippen molar-refractivity contribution in [3.63, 3.8) is 0 Å². The van der Waals surface area contributed by atoms with E-state index in [0.717, 1.165) is 0 Å². The highest BCUT2D eigenvalue weighted by Crippen LogP contribution is 1.97. The first-order valence-corrected chi connectivity index (χ1v) is 4.86. The summed E-state index contributed by atoms with van der Waals surface area (Å²) < 4.78 is 7.06. The van der Waals surface area contributed by atoms with E-state index < -0.39 is 17.3 Å². The third-order valence-electron chi connectivity index (χ3n) is 1.69. The molecule has 2 aromatic rings. The van der Waals surface area contributed by atoms with Crippen molar-refractivity contribution in [2.75, 3.05) is 0 Å². The maximum atomic E-state index is 10.5. The fourth-order valence-corrected chi connectivity index (χ4v) is 1.10. The van der Waals surface area contributed by atoms with Crippen molar-refractivity contribution in [2.45, 2.75) is 21.3 Å². The molecule has 9 heteroatoms. The molecule has 0 aliphatic heterocycles. The third kappa shape index (κ3) is 6.89. The molecular formula is C11H17FN4O4. The number of aromatic nitrogens is 4. The first kappa shape index (κ1) is 17.3. The van der Waals surface area contributed by atoms with E-state index in [1.54, 1.807) is 6.92 Å². The molecule has 20 heavy (non-hydrogen) atoms. The molecule has 0 spiro atoms. The first-order valence-electron chi connectivity index (χ1n) is 5.36. The Kier molecular flexibility index (Phi) is 7.26. The number of aromatic hydroxyl groups is 1. The van der Waals surface area contributed by atoms with E-state index in [2.05, 4.69) is 9.97 Å². The highest BCUT2D eigenvalue weighted by Gasteiger charge is 1.90. The molecule has 0 fully saturated rings. The number of nitrogens with zero attached hydrogens (tertiary/aromatic N) is 1. The summed E-state index contributed by atoms with van der Waals surface area (Å²) in [5, 5.41) is 8.80. The van der Waals surface area contributed by atoms with Crippen molar-refractivity contribution in [1.29, 1.82) is 0 Å². The maximum absolute atomic E-state index is 10.5. The summed E-state index contributed by atoms with van der Waals surface area (Å²) >= 11 is 0. The van der Waals surface area contributed by atoms with E-state index in [0.29, 0.717) is 5.69 Å². The second kappa shape index (κ2) is 8.40. The van der Waals surface area contributed by atoms with Gasteiger partial charge in [0.25, 0.3) is 5.56 Å². The van der Waals surface area contributed by atoms with Crippen molar-refractivity contribution in [2.24, 2.45) is 0 Å². The predicted molar refractivity (Wildman–Crippen MR) is 72.9 cm³/mol. The average Bonchev–Trinajstić information content (AvgIpc) is 2.24. The van der Waals surface area contributed by atoms with Gasteiger partial charge in [0.15, 0.2) is 5.88 Å². The summed E-state index contributed by atoms with van der Waals surface area (Å²) in [5.74, 6) is -0.433. The van der Waals surface area contributed by atoms with Crippen molar-refractivity contribution in [3.05, 3.63) is 54.8 Å². The lowest BCUT2D eigenvalue weighted by Crippen LogP contribution is -2.21. The molecule has 2 aromatic heterocycles. The van der Waals surface area contributed by atoms with Gasteiger partial charge in [0, 0.05) is 23.5 Å². The van der Waals surface area contributed by atoms with Gasteiger partial charge in [-0.15, -0.1) is 0 Å². The highest BCUT2D eigenvalue weighted by molar-refractivity contribution is 5.09. The van der Waals surface area contributed by atoms with Crippen LogP contribution in [0.4, 0.5) is 4.70 Å². The summed E-state index contributed by atoms with van der Waals surface area (Å²) in [6, 6.07) is 1.18. The van der Waals surface area contributed by atoms with E-state index in [1.165, 1.54) is 13.0 Å². The Morgan fingerprint density at radius 2 is 1.80 bits per heavy atom. The molecular weight excluding hydrogens is 271 g/mol. The molecule has 0 atom stereocenters. The number of rotatable bonds is 0. The Hall–Kier alpha value is -2.71. The van der Waals surface area contributed by atoms with Crippen LogP contribution in [0.1, 0.15) is 20.2 Å². The Balaban J connectivity index is 0. The molecule has 0 saturated carbocycles. The molecule has 0 bridgehead atoms. The molecule has 2 rings (SSSR count). The minimum atomic E-state index is -0.633. The number of nitrogens with one attached hydrogen (secondary N) is 3. The summed E-state index contributed by atoms with van der Waals surface area (Å²) in [6.07, 6.45) is 0. The van der Waals surface area contributed by atoms with Gasteiger partial charge in [-0.05, 0) is 13.8 Å². The van der Waals surface area contributed by atoms with Crippen molar-refractivity contribution < 1.29 is 11.2 Å². The van der Waals surface area contributed by atoms with Crippen LogP contribution >= 0.6 is 0 Å². The molecule has 0 saturated heterocycles. The van der Waals surface area contributed by atoms with E-state index in [1.807, 2.05) is 9.97 Å². The molecule has 0 radical (unpaired) electrons. The van der Waals surface area contributed by atoms with Crippen LogP contribution in [0, 0.1) is 13.8 Å². The molecule has 2 heterocycles. The van der Waals surface area contributed by atoms with Crippen LogP contribution in [-0.2, 0) is 0 Å². The van der Waals surface area contributed by atoms with E-state index in [4.69, 9.17) is 6.48 Å². The zero-order valence-electron chi connectivity index (χ0n) is 11.1. The number of hydrogen-bond donors (Lipinski definition) is 4. The van der Waals surface area contributed by atoms with Crippen LogP contribution in [0.5, 0.6) is 5.88 Å². The maximum Gasteiger partial charge on any atom is 0.347 e. The Bertz CT molecular complexity index is 698. The fourth-order valence-electron chi connectivity index (χ4n) is 1.10. The minimum Gasteiger partial charge on any atom is -0.494 e. The van der Waals surface area contributed by atoms with Gasteiger partial charge in [-0.25, -0.2) is 9.59 Å². The Labute approximate surface area is 114 Å². The van der Waals surface area contributed by atoms with Crippen LogP contribution < -0.4 is 16.9 Å². The van der Waals surface area contributed by atoms with Crippen molar-refractivity contribution >= 4 is 0 Å². The molecule has 0 aliphatic carbocycles. The molecule has 0 unspecified atom stereocenters. The topological polar surface area (TPSA) is 132 Å². The van der Waals surface area contributed by atoms with Gasteiger partial charge in [-0.1, -0.05) is 7.43 Å².